The predicted molar refractivity (Wildman–Crippen MR) is 98.4 cm³/mol. The maximum absolute atomic E-state index is 6.17. The Hall–Kier alpha value is -1.55. The average molecular weight is 316 g/mol. The van der Waals surface area contributed by atoms with Crippen molar-refractivity contribution in [2.75, 3.05) is 26.2 Å². The van der Waals surface area contributed by atoms with E-state index in [-0.39, 0.29) is 0 Å². The SMILES string of the molecule is CCN(CC)Cc1cccc(CN=C(N)N2CCC(C)CC2)c1. The van der Waals surface area contributed by atoms with Gasteiger partial charge in [-0.1, -0.05) is 45.0 Å². The van der Waals surface area contributed by atoms with Crippen molar-refractivity contribution < 1.29 is 0 Å². The lowest BCUT2D eigenvalue weighted by Gasteiger charge is -2.31. The quantitative estimate of drug-likeness (QED) is 0.648. The molecule has 4 heteroatoms. The molecule has 0 bridgehead atoms. The molecular weight excluding hydrogens is 284 g/mol. The van der Waals surface area contributed by atoms with Crippen LogP contribution in [0.3, 0.4) is 0 Å². The van der Waals surface area contributed by atoms with Crippen LogP contribution in [-0.2, 0) is 13.1 Å². The van der Waals surface area contributed by atoms with Crippen molar-refractivity contribution in [1.82, 2.24) is 9.80 Å². The van der Waals surface area contributed by atoms with E-state index in [9.17, 15) is 0 Å². The number of aliphatic imine (C=N–C) groups is 1. The van der Waals surface area contributed by atoms with E-state index in [2.05, 4.69) is 59.8 Å². The van der Waals surface area contributed by atoms with Gasteiger partial charge < -0.3 is 10.6 Å². The summed E-state index contributed by atoms with van der Waals surface area (Å²) < 4.78 is 0. The summed E-state index contributed by atoms with van der Waals surface area (Å²) in [5, 5.41) is 0. The topological polar surface area (TPSA) is 44.9 Å². The number of rotatable bonds is 6. The lowest BCUT2D eigenvalue weighted by Crippen LogP contribution is -2.42. The first-order valence-corrected chi connectivity index (χ1v) is 8.97. The van der Waals surface area contributed by atoms with Gasteiger partial charge in [-0.15, -0.1) is 0 Å². The lowest BCUT2D eigenvalue weighted by molar-refractivity contribution is 0.277. The van der Waals surface area contributed by atoms with E-state index >= 15 is 0 Å². The van der Waals surface area contributed by atoms with Crippen LogP contribution in [0.25, 0.3) is 0 Å². The van der Waals surface area contributed by atoms with Gasteiger partial charge in [-0.3, -0.25) is 4.90 Å². The summed E-state index contributed by atoms with van der Waals surface area (Å²) in [6.45, 7) is 12.6. The van der Waals surface area contributed by atoms with Gasteiger partial charge in [-0.25, -0.2) is 4.99 Å². The molecule has 1 fully saturated rings. The van der Waals surface area contributed by atoms with Gasteiger partial charge in [0.05, 0.1) is 6.54 Å². The summed E-state index contributed by atoms with van der Waals surface area (Å²) >= 11 is 0. The van der Waals surface area contributed by atoms with E-state index in [1.807, 2.05) is 0 Å². The molecular formula is C19H32N4. The van der Waals surface area contributed by atoms with Crippen LogP contribution in [0, 0.1) is 5.92 Å². The molecule has 1 heterocycles. The van der Waals surface area contributed by atoms with Gasteiger partial charge in [0, 0.05) is 19.6 Å². The summed E-state index contributed by atoms with van der Waals surface area (Å²) in [7, 11) is 0. The number of hydrogen-bond acceptors (Lipinski definition) is 2. The molecule has 0 aromatic heterocycles. The monoisotopic (exact) mass is 316 g/mol. The highest BCUT2D eigenvalue weighted by molar-refractivity contribution is 5.78. The Balaban J connectivity index is 1.93. The highest BCUT2D eigenvalue weighted by Gasteiger charge is 2.16. The van der Waals surface area contributed by atoms with Crippen molar-refractivity contribution >= 4 is 5.96 Å². The molecule has 4 nitrogen and oxygen atoms in total. The largest absolute Gasteiger partial charge is 0.370 e. The molecule has 0 aliphatic carbocycles. The molecule has 0 radical (unpaired) electrons. The number of likely N-dealkylation sites (tertiary alicyclic amines) is 1. The van der Waals surface area contributed by atoms with E-state index in [1.54, 1.807) is 0 Å². The highest BCUT2D eigenvalue weighted by Crippen LogP contribution is 2.16. The number of hydrogen-bond donors (Lipinski definition) is 1. The molecule has 1 saturated heterocycles. The van der Waals surface area contributed by atoms with E-state index < -0.39 is 0 Å². The highest BCUT2D eigenvalue weighted by atomic mass is 15.3. The lowest BCUT2D eigenvalue weighted by atomic mass is 10.00. The van der Waals surface area contributed by atoms with Crippen molar-refractivity contribution in [2.24, 2.45) is 16.6 Å². The second kappa shape index (κ2) is 8.92. The Morgan fingerprint density at radius 2 is 1.87 bits per heavy atom. The van der Waals surface area contributed by atoms with Gasteiger partial charge in [0.1, 0.15) is 0 Å². The number of nitrogens with two attached hydrogens (primary N) is 1. The zero-order valence-electron chi connectivity index (χ0n) is 15.0. The Morgan fingerprint density at radius 3 is 2.52 bits per heavy atom. The summed E-state index contributed by atoms with van der Waals surface area (Å²) in [5.41, 5.74) is 8.76. The number of piperidine rings is 1. The molecule has 2 N–H and O–H groups in total. The van der Waals surface area contributed by atoms with Crippen LogP contribution in [0.5, 0.6) is 0 Å². The molecule has 1 aromatic rings. The van der Waals surface area contributed by atoms with Gasteiger partial charge >= 0.3 is 0 Å². The van der Waals surface area contributed by atoms with Gasteiger partial charge in [0.15, 0.2) is 5.96 Å². The average Bonchev–Trinajstić information content (AvgIpc) is 2.58. The van der Waals surface area contributed by atoms with Crippen molar-refractivity contribution in [3.63, 3.8) is 0 Å². The van der Waals surface area contributed by atoms with Crippen LogP contribution in [0.2, 0.25) is 0 Å². The van der Waals surface area contributed by atoms with E-state index in [4.69, 9.17) is 5.73 Å². The summed E-state index contributed by atoms with van der Waals surface area (Å²) in [6, 6.07) is 8.72. The van der Waals surface area contributed by atoms with Crippen molar-refractivity contribution in [3.05, 3.63) is 35.4 Å². The van der Waals surface area contributed by atoms with Crippen molar-refractivity contribution in [1.29, 1.82) is 0 Å². The first-order chi connectivity index (χ1) is 11.1. The molecule has 23 heavy (non-hydrogen) atoms. The van der Waals surface area contributed by atoms with E-state index in [0.29, 0.717) is 12.5 Å². The number of guanidine groups is 1. The van der Waals surface area contributed by atoms with Crippen LogP contribution in [0.15, 0.2) is 29.3 Å². The molecule has 1 aromatic carbocycles. The first kappa shape index (κ1) is 17.8. The standard InChI is InChI=1S/C19H32N4/c1-4-22(5-2)15-18-8-6-7-17(13-18)14-21-19(20)23-11-9-16(3)10-12-23/h6-8,13,16H,4-5,9-12,14-15H2,1-3H3,(H2,20,21). The number of nitrogens with zero attached hydrogens (tertiary/aromatic N) is 3. The molecule has 1 aliphatic heterocycles. The van der Waals surface area contributed by atoms with Gasteiger partial charge in [-0.05, 0) is 43.0 Å². The second-order valence-electron chi connectivity index (χ2n) is 6.63. The summed E-state index contributed by atoms with van der Waals surface area (Å²) in [5.74, 6) is 1.52. The molecule has 0 saturated carbocycles. The number of benzene rings is 1. The molecule has 0 unspecified atom stereocenters. The fourth-order valence-corrected chi connectivity index (χ4v) is 3.04. The summed E-state index contributed by atoms with van der Waals surface area (Å²) in [6.07, 6.45) is 2.44. The molecule has 2 rings (SSSR count). The Bertz CT molecular complexity index is 500. The molecule has 0 atom stereocenters. The van der Waals surface area contributed by atoms with Crippen LogP contribution >= 0.6 is 0 Å². The summed E-state index contributed by atoms with van der Waals surface area (Å²) in [4.78, 5) is 9.25. The third-order valence-corrected chi connectivity index (χ3v) is 4.82. The smallest absolute Gasteiger partial charge is 0.191 e. The Morgan fingerprint density at radius 1 is 1.22 bits per heavy atom. The van der Waals surface area contributed by atoms with Crippen LogP contribution in [0.4, 0.5) is 0 Å². The minimum Gasteiger partial charge on any atom is -0.370 e. The third-order valence-electron chi connectivity index (χ3n) is 4.82. The van der Waals surface area contributed by atoms with Gasteiger partial charge in [-0.2, -0.15) is 0 Å². The maximum atomic E-state index is 6.17. The fourth-order valence-electron chi connectivity index (χ4n) is 3.04. The normalized spacial score (nSPS) is 17.0. The first-order valence-electron chi connectivity index (χ1n) is 8.97. The molecule has 128 valence electrons. The van der Waals surface area contributed by atoms with Gasteiger partial charge in [0.25, 0.3) is 0 Å². The predicted octanol–water partition coefficient (Wildman–Crippen LogP) is 3.08. The van der Waals surface area contributed by atoms with Crippen LogP contribution in [0.1, 0.15) is 44.7 Å². The van der Waals surface area contributed by atoms with Crippen molar-refractivity contribution in [3.8, 4) is 0 Å². The van der Waals surface area contributed by atoms with Crippen LogP contribution < -0.4 is 5.73 Å². The van der Waals surface area contributed by atoms with E-state index in [1.165, 1.54) is 24.0 Å². The Labute approximate surface area is 141 Å². The minimum absolute atomic E-state index is 0.671. The molecule has 0 amide bonds. The van der Waals surface area contributed by atoms with E-state index in [0.717, 1.165) is 38.6 Å². The third kappa shape index (κ3) is 5.54. The fraction of sp³-hybridized carbons (Fsp3) is 0.632. The minimum atomic E-state index is 0.671. The zero-order chi connectivity index (χ0) is 16.7. The molecule has 0 spiro atoms. The maximum Gasteiger partial charge on any atom is 0.191 e. The Kier molecular flexibility index (Phi) is 6.90. The van der Waals surface area contributed by atoms with Gasteiger partial charge in [0.2, 0.25) is 0 Å². The zero-order valence-corrected chi connectivity index (χ0v) is 15.0. The molecule has 1 aliphatic rings. The second-order valence-corrected chi connectivity index (χ2v) is 6.63. The van der Waals surface area contributed by atoms with Crippen molar-refractivity contribution in [2.45, 2.75) is 46.7 Å². The van der Waals surface area contributed by atoms with Crippen LogP contribution in [-0.4, -0.2) is 41.9 Å².